The molecule has 35 heavy (non-hydrogen) atoms. The molecule has 0 saturated heterocycles. The third-order valence-corrected chi connectivity index (χ3v) is 5.26. The number of hydrazone groups is 1. The first-order valence-electron chi connectivity index (χ1n) is 10.1. The standard InChI is InChI=1S/C23H20F4N4O3S/c1-13-9-14(2)30-23(29-13)35-12-15-3-5-16(6-4-15)20(32)31-28-11-17-7-8-18(33-21(24)25)10-19(17)34-22(26)27/h3-11,21-22H,12H2,1-2H3,(H,31,32)/b28-11+. The number of carbonyl (C=O) groups is 1. The average molecular weight is 508 g/mol. The molecular weight excluding hydrogens is 488 g/mol. The number of carbonyl (C=O) groups excluding carboxylic acids is 1. The van der Waals surface area contributed by atoms with E-state index < -0.39 is 24.9 Å². The van der Waals surface area contributed by atoms with E-state index in [0.29, 0.717) is 16.5 Å². The summed E-state index contributed by atoms with van der Waals surface area (Å²) in [5, 5.41) is 4.40. The minimum Gasteiger partial charge on any atom is -0.435 e. The van der Waals surface area contributed by atoms with E-state index in [2.05, 4.69) is 30.0 Å². The van der Waals surface area contributed by atoms with Gasteiger partial charge in [0.1, 0.15) is 11.5 Å². The molecular formula is C23H20F4N4O3S. The van der Waals surface area contributed by atoms with Gasteiger partial charge in [-0.15, -0.1) is 0 Å². The minimum absolute atomic E-state index is 0.0215. The highest BCUT2D eigenvalue weighted by Gasteiger charge is 2.13. The summed E-state index contributed by atoms with van der Waals surface area (Å²) in [7, 11) is 0. The van der Waals surface area contributed by atoms with Crippen LogP contribution in [0.2, 0.25) is 0 Å². The average Bonchev–Trinajstić information content (AvgIpc) is 2.78. The molecule has 0 atom stereocenters. The maximum atomic E-state index is 12.7. The molecule has 0 fully saturated rings. The molecule has 1 aromatic heterocycles. The second kappa shape index (κ2) is 12.2. The van der Waals surface area contributed by atoms with Crippen molar-refractivity contribution in [3.8, 4) is 11.5 Å². The highest BCUT2D eigenvalue weighted by Crippen LogP contribution is 2.26. The number of nitrogens with one attached hydrogen (secondary N) is 1. The van der Waals surface area contributed by atoms with Crippen molar-refractivity contribution in [2.75, 3.05) is 0 Å². The molecule has 0 aliphatic rings. The Hall–Kier alpha value is -3.67. The molecule has 1 amide bonds. The predicted octanol–water partition coefficient (Wildman–Crippen LogP) is 5.35. The molecule has 2 aromatic carbocycles. The van der Waals surface area contributed by atoms with E-state index in [-0.39, 0.29) is 11.3 Å². The Kier molecular flexibility index (Phi) is 9.01. The van der Waals surface area contributed by atoms with Crippen molar-refractivity contribution in [2.24, 2.45) is 5.10 Å². The maximum Gasteiger partial charge on any atom is 0.387 e. The van der Waals surface area contributed by atoms with Crippen LogP contribution < -0.4 is 14.9 Å². The van der Waals surface area contributed by atoms with E-state index in [1.165, 1.54) is 17.8 Å². The number of nitrogens with zero attached hydrogens (tertiary/aromatic N) is 3. The number of halogens is 4. The van der Waals surface area contributed by atoms with Gasteiger partial charge in [0, 0.05) is 34.3 Å². The zero-order chi connectivity index (χ0) is 25.4. The summed E-state index contributed by atoms with van der Waals surface area (Å²) in [6.45, 7) is -2.52. The van der Waals surface area contributed by atoms with Crippen LogP contribution in [0.3, 0.4) is 0 Å². The fourth-order valence-electron chi connectivity index (χ4n) is 2.88. The zero-order valence-electron chi connectivity index (χ0n) is 18.5. The summed E-state index contributed by atoms with van der Waals surface area (Å²) in [6, 6.07) is 11.9. The van der Waals surface area contributed by atoms with E-state index in [1.807, 2.05) is 19.9 Å². The fourth-order valence-corrected chi connectivity index (χ4v) is 3.78. The molecule has 3 aromatic rings. The number of ether oxygens (including phenoxy) is 2. The molecule has 1 heterocycles. The SMILES string of the molecule is Cc1cc(C)nc(SCc2ccc(C(=O)N/N=C/c3ccc(OC(F)F)cc3OC(F)F)cc2)n1. The van der Waals surface area contributed by atoms with Crippen molar-refractivity contribution in [3.05, 3.63) is 76.6 Å². The Labute approximate surface area is 202 Å². The summed E-state index contributed by atoms with van der Waals surface area (Å²) >= 11 is 1.48. The van der Waals surface area contributed by atoms with Gasteiger partial charge in [0.25, 0.3) is 5.91 Å². The zero-order valence-corrected chi connectivity index (χ0v) is 19.4. The van der Waals surface area contributed by atoms with E-state index in [9.17, 15) is 22.4 Å². The number of amides is 1. The van der Waals surface area contributed by atoms with E-state index in [1.54, 1.807) is 24.3 Å². The summed E-state index contributed by atoms with van der Waals surface area (Å²) in [5.41, 5.74) is 5.35. The van der Waals surface area contributed by atoms with E-state index in [4.69, 9.17) is 0 Å². The topological polar surface area (TPSA) is 85.7 Å². The summed E-state index contributed by atoms with van der Waals surface area (Å²) < 4.78 is 58.5. The van der Waals surface area contributed by atoms with Gasteiger partial charge in [-0.05, 0) is 49.7 Å². The van der Waals surface area contributed by atoms with Gasteiger partial charge < -0.3 is 9.47 Å². The lowest BCUT2D eigenvalue weighted by Gasteiger charge is -2.10. The first-order valence-corrected chi connectivity index (χ1v) is 11.1. The maximum absolute atomic E-state index is 12.7. The first kappa shape index (κ1) is 25.9. The second-order valence-corrected chi connectivity index (χ2v) is 8.02. The number of hydrogen-bond acceptors (Lipinski definition) is 7. The fraction of sp³-hybridized carbons (Fsp3) is 0.217. The molecule has 0 bridgehead atoms. The summed E-state index contributed by atoms with van der Waals surface area (Å²) in [4.78, 5) is 21.1. The van der Waals surface area contributed by atoms with Crippen LogP contribution in [0.1, 0.15) is 32.9 Å². The molecule has 0 spiro atoms. The van der Waals surface area contributed by atoms with Crippen molar-refractivity contribution in [2.45, 2.75) is 38.0 Å². The third kappa shape index (κ3) is 8.25. The molecule has 12 heteroatoms. The smallest absolute Gasteiger partial charge is 0.387 e. The normalized spacial score (nSPS) is 11.3. The van der Waals surface area contributed by atoms with Crippen LogP contribution in [0.15, 0.2) is 58.8 Å². The van der Waals surface area contributed by atoms with Crippen molar-refractivity contribution >= 4 is 23.9 Å². The number of rotatable bonds is 10. The highest BCUT2D eigenvalue weighted by molar-refractivity contribution is 7.98. The van der Waals surface area contributed by atoms with E-state index in [0.717, 1.165) is 35.3 Å². The number of aryl methyl sites for hydroxylation is 2. The molecule has 7 nitrogen and oxygen atoms in total. The largest absolute Gasteiger partial charge is 0.435 e. The van der Waals surface area contributed by atoms with Crippen molar-refractivity contribution in [1.29, 1.82) is 0 Å². The van der Waals surface area contributed by atoms with Crippen LogP contribution in [0.4, 0.5) is 17.6 Å². The highest BCUT2D eigenvalue weighted by atomic mass is 32.2. The van der Waals surface area contributed by atoms with E-state index >= 15 is 0 Å². The van der Waals surface area contributed by atoms with Crippen molar-refractivity contribution in [1.82, 2.24) is 15.4 Å². The van der Waals surface area contributed by atoms with Gasteiger partial charge in [-0.2, -0.15) is 22.7 Å². The lowest BCUT2D eigenvalue weighted by atomic mass is 10.1. The lowest BCUT2D eigenvalue weighted by molar-refractivity contribution is -0.0543. The molecule has 0 unspecified atom stereocenters. The Balaban J connectivity index is 1.60. The number of hydrogen-bond donors (Lipinski definition) is 1. The molecule has 0 aliphatic carbocycles. The quantitative estimate of drug-likeness (QED) is 0.131. The Bertz CT molecular complexity index is 1170. The minimum atomic E-state index is -3.20. The number of benzene rings is 2. The van der Waals surface area contributed by atoms with Crippen LogP contribution in [0, 0.1) is 13.8 Å². The van der Waals surface area contributed by atoms with Crippen LogP contribution in [-0.4, -0.2) is 35.3 Å². The molecule has 0 saturated carbocycles. The molecule has 184 valence electrons. The van der Waals surface area contributed by atoms with Crippen LogP contribution >= 0.6 is 11.8 Å². The van der Waals surface area contributed by atoms with Crippen molar-refractivity contribution < 1.29 is 31.8 Å². The second-order valence-electron chi connectivity index (χ2n) is 7.07. The van der Waals surface area contributed by atoms with Gasteiger partial charge in [0.05, 0.1) is 6.21 Å². The van der Waals surface area contributed by atoms with Gasteiger partial charge >= 0.3 is 13.2 Å². The van der Waals surface area contributed by atoms with Gasteiger partial charge in [0.2, 0.25) is 0 Å². The molecule has 3 rings (SSSR count). The predicted molar refractivity (Wildman–Crippen MR) is 122 cm³/mol. The number of thioether (sulfide) groups is 1. The molecule has 0 aliphatic heterocycles. The van der Waals surface area contributed by atoms with Crippen molar-refractivity contribution in [3.63, 3.8) is 0 Å². The Morgan fingerprint density at radius 2 is 1.66 bits per heavy atom. The third-order valence-electron chi connectivity index (χ3n) is 4.34. The van der Waals surface area contributed by atoms with Crippen LogP contribution in [-0.2, 0) is 5.75 Å². The number of alkyl halides is 4. The lowest BCUT2D eigenvalue weighted by Crippen LogP contribution is -2.17. The summed E-state index contributed by atoms with van der Waals surface area (Å²) in [5.74, 6) is -0.724. The van der Waals surface area contributed by atoms with Gasteiger partial charge in [0.15, 0.2) is 5.16 Å². The molecule has 1 N–H and O–H groups in total. The first-order chi connectivity index (χ1) is 16.7. The van der Waals surface area contributed by atoms with Gasteiger partial charge in [-0.3, -0.25) is 4.79 Å². The Morgan fingerprint density at radius 1 is 1.00 bits per heavy atom. The molecule has 0 radical (unpaired) electrons. The van der Waals surface area contributed by atoms with Crippen LogP contribution in [0.25, 0.3) is 0 Å². The number of aromatic nitrogens is 2. The Morgan fingerprint density at radius 3 is 2.29 bits per heavy atom. The van der Waals surface area contributed by atoms with Gasteiger partial charge in [-0.1, -0.05) is 23.9 Å². The van der Waals surface area contributed by atoms with Crippen LogP contribution in [0.5, 0.6) is 11.5 Å². The summed E-state index contributed by atoms with van der Waals surface area (Å²) in [6.07, 6.45) is 1.05. The monoisotopic (exact) mass is 508 g/mol. The van der Waals surface area contributed by atoms with Gasteiger partial charge in [-0.25, -0.2) is 15.4 Å².